The Bertz CT molecular complexity index is 1080. The Morgan fingerprint density at radius 1 is 0.933 bits per heavy atom. The van der Waals surface area contributed by atoms with E-state index in [9.17, 15) is 13.2 Å². The number of nitrogens with zero attached hydrogens (tertiary/aromatic N) is 1. The molecule has 0 saturated heterocycles. The molecule has 3 aromatic carbocycles. The lowest BCUT2D eigenvalue weighted by atomic mass is 10.1. The van der Waals surface area contributed by atoms with Crippen LogP contribution in [0.1, 0.15) is 29.7 Å². The normalized spacial score (nSPS) is 12.5. The van der Waals surface area contributed by atoms with Gasteiger partial charge in [-0.1, -0.05) is 72.8 Å². The number of benzene rings is 3. The Kier molecular flexibility index (Phi) is 7.03. The van der Waals surface area contributed by atoms with Gasteiger partial charge in [0.05, 0.1) is 11.4 Å². The van der Waals surface area contributed by atoms with Crippen LogP contribution in [0.25, 0.3) is 0 Å². The van der Waals surface area contributed by atoms with E-state index in [1.807, 2.05) is 73.7 Å². The molecule has 30 heavy (non-hydrogen) atoms. The molecule has 3 aromatic rings. The van der Waals surface area contributed by atoms with Crippen LogP contribution in [0.15, 0.2) is 89.8 Å². The van der Waals surface area contributed by atoms with E-state index < -0.39 is 16.1 Å². The zero-order valence-electron chi connectivity index (χ0n) is 17.2. The van der Waals surface area contributed by atoms with Gasteiger partial charge in [-0.25, -0.2) is 8.42 Å². The molecule has 0 aliphatic heterocycles. The summed E-state index contributed by atoms with van der Waals surface area (Å²) in [5.74, 6) is -0.349. The second kappa shape index (κ2) is 9.69. The van der Waals surface area contributed by atoms with Gasteiger partial charge < -0.3 is 5.32 Å². The molecular formula is C24H26N2O3S. The molecule has 0 heterocycles. The Balaban J connectivity index is 1.86. The Morgan fingerprint density at radius 2 is 1.57 bits per heavy atom. The highest BCUT2D eigenvalue weighted by Crippen LogP contribution is 2.27. The number of carbonyl (C=O) groups is 1. The first-order valence-corrected chi connectivity index (χ1v) is 11.3. The topological polar surface area (TPSA) is 66.5 Å². The summed E-state index contributed by atoms with van der Waals surface area (Å²) in [6.45, 7) is 3.72. The van der Waals surface area contributed by atoms with Crippen LogP contribution in [0.2, 0.25) is 0 Å². The third-order valence-corrected chi connectivity index (χ3v) is 6.85. The second-order valence-corrected chi connectivity index (χ2v) is 9.11. The van der Waals surface area contributed by atoms with Crippen molar-refractivity contribution in [2.45, 2.75) is 31.3 Å². The third kappa shape index (κ3) is 5.34. The molecular weight excluding hydrogens is 396 g/mol. The first-order chi connectivity index (χ1) is 14.4. The highest BCUT2D eigenvalue weighted by molar-refractivity contribution is 7.89. The Labute approximate surface area is 178 Å². The fourth-order valence-electron chi connectivity index (χ4n) is 3.23. The zero-order valence-corrected chi connectivity index (χ0v) is 18.0. The molecule has 0 aliphatic carbocycles. The van der Waals surface area contributed by atoms with Gasteiger partial charge in [0.15, 0.2) is 0 Å². The number of carbonyl (C=O) groups excluding carboxylic acids is 1. The van der Waals surface area contributed by atoms with Gasteiger partial charge in [0.2, 0.25) is 15.9 Å². The lowest BCUT2D eigenvalue weighted by molar-refractivity contribution is -0.121. The van der Waals surface area contributed by atoms with Crippen molar-refractivity contribution in [3.8, 4) is 0 Å². The maximum absolute atomic E-state index is 13.5. The Morgan fingerprint density at radius 3 is 2.20 bits per heavy atom. The van der Waals surface area contributed by atoms with E-state index in [4.69, 9.17) is 0 Å². The number of hydrogen-bond donors (Lipinski definition) is 1. The van der Waals surface area contributed by atoms with Gasteiger partial charge in [-0.05, 0) is 42.7 Å². The number of aryl methyl sites for hydroxylation is 1. The number of rotatable bonds is 8. The van der Waals surface area contributed by atoms with Crippen LogP contribution in [0, 0.1) is 6.92 Å². The van der Waals surface area contributed by atoms with Gasteiger partial charge >= 0.3 is 0 Å². The van der Waals surface area contributed by atoms with Crippen LogP contribution in [0.3, 0.4) is 0 Å². The first-order valence-electron chi connectivity index (χ1n) is 9.82. The maximum atomic E-state index is 13.5. The number of amides is 1. The molecule has 0 fully saturated rings. The number of sulfonamides is 1. The lowest BCUT2D eigenvalue weighted by Gasteiger charge is -2.28. The van der Waals surface area contributed by atoms with Crippen LogP contribution in [-0.2, 0) is 21.4 Å². The van der Waals surface area contributed by atoms with Crippen LogP contribution in [0.5, 0.6) is 0 Å². The van der Waals surface area contributed by atoms with Gasteiger partial charge in [-0.3, -0.25) is 4.79 Å². The molecule has 1 atom stereocenters. The first kappa shape index (κ1) is 21.7. The van der Waals surface area contributed by atoms with Crippen molar-refractivity contribution < 1.29 is 13.2 Å². The summed E-state index contributed by atoms with van der Waals surface area (Å²) < 4.78 is 28.2. The molecule has 156 valence electrons. The minimum absolute atomic E-state index is 0.182. The molecule has 3 rings (SSSR count). The molecule has 0 bridgehead atoms. The predicted molar refractivity (Wildman–Crippen MR) is 118 cm³/mol. The third-order valence-electron chi connectivity index (χ3n) is 4.94. The van der Waals surface area contributed by atoms with Crippen molar-refractivity contribution in [3.63, 3.8) is 0 Å². The lowest BCUT2D eigenvalue weighted by Crippen LogP contribution is -2.41. The molecule has 1 amide bonds. The molecule has 5 nitrogen and oxygen atoms in total. The Hall–Kier alpha value is -2.96. The van der Waals surface area contributed by atoms with Crippen molar-refractivity contribution in [3.05, 3.63) is 102 Å². The summed E-state index contributed by atoms with van der Waals surface area (Å²) in [6.07, 6.45) is 0. The quantitative estimate of drug-likeness (QED) is 0.595. The van der Waals surface area contributed by atoms with Crippen LogP contribution < -0.4 is 5.32 Å². The van der Waals surface area contributed by atoms with E-state index >= 15 is 0 Å². The number of hydrogen-bond acceptors (Lipinski definition) is 3. The van der Waals surface area contributed by atoms with Crippen molar-refractivity contribution in [1.82, 2.24) is 9.62 Å². The van der Waals surface area contributed by atoms with E-state index in [-0.39, 0.29) is 17.3 Å². The highest BCUT2D eigenvalue weighted by atomic mass is 32.2. The summed E-state index contributed by atoms with van der Waals surface area (Å²) in [5.41, 5.74) is 2.62. The second-order valence-electron chi connectivity index (χ2n) is 7.22. The highest BCUT2D eigenvalue weighted by Gasteiger charge is 2.31. The molecule has 1 unspecified atom stereocenters. The van der Waals surface area contributed by atoms with Crippen LogP contribution in [-0.4, -0.2) is 25.2 Å². The minimum Gasteiger partial charge on any atom is -0.351 e. The van der Waals surface area contributed by atoms with Gasteiger partial charge in [0.1, 0.15) is 0 Å². The fourth-order valence-corrected chi connectivity index (χ4v) is 4.91. The molecule has 0 spiro atoms. The van der Waals surface area contributed by atoms with Crippen molar-refractivity contribution in [1.29, 1.82) is 0 Å². The summed E-state index contributed by atoms with van der Waals surface area (Å²) in [6, 6.07) is 25.1. The van der Waals surface area contributed by atoms with Gasteiger partial charge in [-0.2, -0.15) is 4.31 Å². The average molecular weight is 423 g/mol. The summed E-state index contributed by atoms with van der Waals surface area (Å²) in [4.78, 5) is 12.9. The standard InChI is InChI=1S/C24H26N2O3S/c1-19-10-9-15-23(16-19)30(28,29)26(20(2)22-13-7-4-8-14-22)18-24(27)25-17-21-11-5-3-6-12-21/h3-16,20H,17-18H2,1-2H3,(H,25,27). The molecule has 0 aliphatic rings. The number of nitrogens with one attached hydrogen (secondary N) is 1. The van der Waals surface area contributed by atoms with Crippen LogP contribution >= 0.6 is 0 Å². The fraction of sp³-hybridized carbons (Fsp3) is 0.208. The zero-order chi connectivity index (χ0) is 21.6. The van der Waals surface area contributed by atoms with Crippen molar-refractivity contribution in [2.24, 2.45) is 0 Å². The average Bonchev–Trinajstić information content (AvgIpc) is 2.77. The monoisotopic (exact) mass is 422 g/mol. The van der Waals surface area contributed by atoms with Gasteiger partial charge in [0.25, 0.3) is 0 Å². The maximum Gasteiger partial charge on any atom is 0.244 e. The molecule has 1 N–H and O–H groups in total. The molecule has 0 radical (unpaired) electrons. The van der Waals surface area contributed by atoms with E-state index in [2.05, 4.69) is 5.32 Å². The largest absolute Gasteiger partial charge is 0.351 e. The smallest absolute Gasteiger partial charge is 0.244 e. The summed E-state index contributed by atoms with van der Waals surface area (Å²) in [7, 11) is -3.88. The van der Waals surface area contributed by atoms with Gasteiger partial charge in [0, 0.05) is 12.6 Å². The molecule has 0 aromatic heterocycles. The molecule has 0 saturated carbocycles. The van der Waals surface area contributed by atoms with Crippen LogP contribution in [0.4, 0.5) is 0 Å². The minimum atomic E-state index is -3.88. The van der Waals surface area contributed by atoms with Gasteiger partial charge in [-0.15, -0.1) is 0 Å². The molecule has 6 heteroatoms. The van der Waals surface area contributed by atoms with E-state index in [1.165, 1.54) is 4.31 Å². The van der Waals surface area contributed by atoms with E-state index in [0.29, 0.717) is 6.54 Å². The van der Waals surface area contributed by atoms with E-state index in [1.54, 1.807) is 25.1 Å². The predicted octanol–water partition coefficient (Wildman–Crippen LogP) is 4.06. The van der Waals surface area contributed by atoms with Crippen molar-refractivity contribution >= 4 is 15.9 Å². The van der Waals surface area contributed by atoms with E-state index in [0.717, 1.165) is 16.7 Å². The van der Waals surface area contributed by atoms with Crippen molar-refractivity contribution in [2.75, 3.05) is 6.54 Å². The summed E-state index contributed by atoms with van der Waals surface area (Å²) in [5, 5.41) is 2.83. The summed E-state index contributed by atoms with van der Waals surface area (Å²) >= 11 is 0. The SMILES string of the molecule is Cc1cccc(S(=O)(=O)N(CC(=O)NCc2ccccc2)C(C)c2ccccc2)c1.